The predicted molar refractivity (Wildman–Crippen MR) is 76.9 cm³/mol. The van der Waals surface area contributed by atoms with E-state index in [2.05, 4.69) is 39.6 Å². The molecule has 2 aromatic rings. The van der Waals surface area contributed by atoms with E-state index >= 15 is 0 Å². The fraction of sp³-hybridized carbons (Fsp3) is 0.438. The van der Waals surface area contributed by atoms with E-state index in [4.69, 9.17) is 0 Å². The smallest absolute Gasteiger partial charge is 0.0924 e. The van der Waals surface area contributed by atoms with Crippen LogP contribution in [0, 0.1) is 11.8 Å². The maximum Gasteiger partial charge on any atom is 0.0924 e. The Morgan fingerprint density at radius 3 is 2.26 bits per heavy atom. The molecule has 2 saturated carbocycles. The lowest BCUT2D eigenvalue weighted by Crippen LogP contribution is -2.24. The minimum Gasteiger partial charge on any atom is -0.382 e. The largest absolute Gasteiger partial charge is 0.382 e. The molecule has 2 N–H and O–H groups in total. The van der Waals surface area contributed by atoms with E-state index in [9.17, 15) is 0 Å². The molecule has 1 aromatic carbocycles. The van der Waals surface area contributed by atoms with Gasteiger partial charge in [0.25, 0.3) is 0 Å². The van der Waals surface area contributed by atoms with Crippen molar-refractivity contribution in [2.45, 2.75) is 31.7 Å². The zero-order valence-corrected chi connectivity index (χ0v) is 11.0. The van der Waals surface area contributed by atoms with Gasteiger partial charge in [0.2, 0.25) is 0 Å². The van der Waals surface area contributed by atoms with Crippen LogP contribution in [0.5, 0.6) is 0 Å². The molecule has 19 heavy (non-hydrogen) atoms. The molecule has 2 aliphatic carbocycles. The first-order valence-corrected chi connectivity index (χ1v) is 7.25. The number of imidazole rings is 1. The van der Waals surface area contributed by atoms with Crippen molar-refractivity contribution >= 4 is 5.69 Å². The number of nitrogens with one attached hydrogen (secondary N) is 2. The maximum atomic E-state index is 4.06. The molecule has 1 heterocycles. The number of hydrogen-bond donors (Lipinski definition) is 2. The second-order valence-electron chi connectivity index (χ2n) is 5.89. The van der Waals surface area contributed by atoms with Gasteiger partial charge in [0.05, 0.1) is 18.2 Å². The summed E-state index contributed by atoms with van der Waals surface area (Å²) in [6, 6.07) is 9.42. The average molecular weight is 253 g/mol. The molecule has 0 saturated heterocycles. The molecule has 98 valence electrons. The summed E-state index contributed by atoms with van der Waals surface area (Å²) in [5.41, 5.74) is 3.52. The number of aromatic nitrogens is 2. The van der Waals surface area contributed by atoms with Gasteiger partial charge in [0.15, 0.2) is 0 Å². The number of anilines is 1. The highest BCUT2D eigenvalue weighted by atomic mass is 15.0. The van der Waals surface area contributed by atoms with Gasteiger partial charge in [0, 0.05) is 11.7 Å². The molecule has 0 atom stereocenters. The van der Waals surface area contributed by atoms with Crippen LogP contribution in [0.15, 0.2) is 36.8 Å². The number of benzene rings is 1. The third-order valence-corrected chi connectivity index (χ3v) is 4.29. The van der Waals surface area contributed by atoms with Gasteiger partial charge in [-0.25, -0.2) is 4.98 Å². The van der Waals surface area contributed by atoms with Crippen LogP contribution in [0.25, 0.3) is 11.3 Å². The zero-order chi connectivity index (χ0) is 12.7. The van der Waals surface area contributed by atoms with Crippen molar-refractivity contribution in [1.29, 1.82) is 0 Å². The number of hydrogen-bond acceptors (Lipinski definition) is 2. The second kappa shape index (κ2) is 4.41. The summed E-state index contributed by atoms with van der Waals surface area (Å²) in [5.74, 6) is 1.86. The normalized spacial score (nSPS) is 18.8. The van der Waals surface area contributed by atoms with E-state index in [1.54, 1.807) is 6.33 Å². The zero-order valence-electron chi connectivity index (χ0n) is 11.0. The molecule has 3 heteroatoms. The summed E-state index contributed by atoms with van der Waals surface area (Å²) >= 11 is 0. The monoisotopic (exact) mass is 253 g/mol. The first-order chi connectivity index (χ1) is 9.40. The van der Waals surface area contributed by atoms with Crippen molar-refractivity contribution in [3.63, 3.8) is 0 Å². The van der Waals surface area contributed by atoms with Gasteiger partial charge >= 0.3 is 0 Å². The maximum absolute atomic E-state index is 4.06. The van der Waals surface area contributed by atoms with Crippen LogP contribution in [-0.2, 0) is 0 Å². The third-order valence-electron chi connectivity index (χ3n) is 4.29. The summed E-state index contributed by atoms with van der Waals surface area (Å²) in [6.45, 7) is 0. The molecule has 0 aliphatic heterocycles. The first kappa shape index (κ1) is 11.1. The summed E-state index contributed by atoms with van der Waals surface area (Å²) in [7, 11) is 0. The van der Waals surface area contributed by atoms with Gasteiger partial charge in [-0.05, 0) is 55.2 Å². The van der Waals surface area contributed by atoms with Gasteiger partial charge in [-0.15, -0.1) is 0 Å². The van der Waals surface area contributed by atoms with E-state index < -0.39 is 0 Å². The molecular formula is C16H19N3. The van der Waals surface area contributed by atoms with Crippen LogP contribution < -0.4 is 5.32 Å². The van der Waals surface area contributed by atoms with Crippen LogP contribution in [0.3, 0.4) is 0 Å². The van der Waals surface area contributed by atoms with Gasteiger partial charge in [-0.2, -0.15) is 0 Å². The predicted octanol–water partition coefficient (Wildman–Crippen LogP) is 3.68. The number of nitrogens with zero attached hydrogens (tertiary/aromatic N) is 1. The Hall–Kier alpha value is -1.77. The highest BCUT2D eigenvalue weighted by Crippen LogP contribution is 2.45. The molecular weight excluding hydrogens is 234 g/mol. The van der Waals surface area contributed by atoms with Gasteiger partial charge in [-0.1, -0.05) is 12.1 Å². The Kier molecular flexibility index (Phi) is 2.57. The van der Waals surface area contributed by atoms with Crippen molar-refractivity contribution in [1.82, 2.24) is 9.97 Å². The van der Waals surface area contributed by atoms with Crippen molar-refractivity contribution in [2.75, 3.05) is 5.32 Å². The van der Waals surface area contributed by atoms with Crippen molar-refractivity contribution < 1.29 is 0 Å². The molecule has 3 nitrogen and oxygen atoms in total. The average Bonchev–Trinajstić information content (AvgIpc) is 3.37. The lowest BCUT2D eigenvalue weighted by Gasteiger charge is -2.19. The summed E-state index contributed by atoms with van der Waals surface area (Å²) in [6.07, 6.45) is 9.25. The third kappa shape index (κ3) is 2.37. The SMILES string of the molecule is c1ncc(-c2ccc(NC(C3CC3)C3CC3)cc2)[nH]1. The molecule has 0 radical (unpaired) electrons. The van der Waals surface area contributed by atoms with E-state index in [0.717, 1.165) is 23.6 Å². The highest BCUT2D eigenvalue weighted by molar-refractivity contribution is 5.62. The van der Waals surface area contributed by atoms with Crippen molar-refractivity contribution in [2.24, 2.45) is 11.8 Å². The van der Waals surface area contributed by atoms with Gasteiger partial charge in [-0.3, -0.25) is 0 Å². The topological polar surface area (TPSA) is 40.7 Å². The Morgan fingerprint density at radius 1 is 1.05 bits per heavy atom. The van der Waals surface area contributed by atoms with E-state index in [1.807, 2.05) is 6.20 Å². The number of H-pyrrole nitrogens is 1. The van der Waals surface area contributed by atoms with Gasteiger partial charge in [0.1, 0.15) is 0 Å². The molecule has 0 amide bonds. The fourth-order valence-corrected chi connectivity index (χ4v) is 2.88. The minimum absolute atomic E-state index is 0.720. The van der Waals surface area contributed by atoms with Crippen LogP contribution in [-0.4, -0.2) is 16.0 Å². The summed E-state index contributed by atoms with van der Waals surface area (Å²) < 4.78 is 0. The second-order valence-corrected chi connectivity index (χ2v) is 5.89. The molecule has 0 spiro atoms. The Labute approximate surface area is 113 Å². The molecule has 2 aliphatic rings. The number of aromatic amines is 1. The van der Waals surface area contributed by atoms with E-state index in [0.29, 0.717) is 0 Å². The first-order valence-electron chi connectivity index (χ1n) is 7.25. The Bertz CT molecular complexity index is 524. The van der Waals surface area contributed by atoms with Gasteiger partial charge < -0.3 is 10.3 Å². The Balaban J connectivity index is 1.49. The Morgan fingerprint density at radius 2 is 1.74 bits per heavy atom. The molecule has 1 aromatic heterocycles. The van der Waals surface area contributed by atoms with Crippen LogP contribution in [0.4, 0.5) is 5.69 Å². The summed E-state index contributed by atoms with van der Waals surface area (Å²) in [4.78, 5) is 7.20. The van der Waals surface area contributed by atoms with Crippen LogP contribution >= 0.6 is 0 Å². The fourth-order valence-electron chi connectivity index (χ4n) is 2.88. The standard InChI is InChI=1S/C16H19N3/c1-2-12(1)16(13-3-4-13)19-14-7-5-11(6-8-14)15-9-17-10-18-15/h5-10,12-13,16,19H,1-4H2,(H,17,18). The number of rotatable bonds is 5. The molecule has 0 unspecified atom stereocenters. The quantitative estimate of drug-likeness (QED) is 0.853. The lowest BCUT2D eigenvalue weighted by atomic mass is 10.1. The van der Waals surface area contributed by atoms with E-state index in [-0.39, 0.29) is 0 Å². The minimum atomic E-state index is 0.720. The highest BCUT2D eigenvalue weighted by Gasteiger charge is 2.41. The molecule has 2 fully saturated rings. The van der Waals surface area contributed by atoms with Crippen molar-refractivity contribution in [3.8, 4) is 11.3 Å². The molecule has 4 rings (SSSR count). The van der Waals surface area contributed by atoms with Crippen LogP contribution in [0.2, 0.25) is 0 Å². The summed E-state index contributed by atoms with van der Waals surface area (Å²) in [5, 5.41) is 3.75. The molecule has 0 bridgehead atoms. The van der Waals surface area contributed by atoms with E-state index in [1.165, 1.54) is 36.9 Å². The van der Waals surface area contributed by atoms with Crippen molar-refractivity contribution in [3.05, 3.63) is 36.8 Å². The van der Waals surface area contributed by atoms with Crippen LogP contribution in [0.1, 0.15) is 25.7 Å². The lowest BCUT2D eigenvalue weighted by molar-refractivity contribution is 0.568.